The van der Waals surface area contributed by atoms with Crippen molar-refractivity contribution in [3.05, 3.63) is 35.4 Å². The predicted octanol–water partition coefficient (Wildman–Crippen LogP) is 1.64. The molecule has 3 heteroatoms. The molecule has 0 saturated carbocycles. The SMILES string of the molecule is CCc1ccccc1C1CN=C(N)O1. The van der Waals surface area contributed by atoms with Crippen molar-refractivity contribution in [1.29, 1.82) is 0 Å². The molecule has 14 heavy (non-hydrogen) atoms. The zero-order valence-electron chi connectivity index (χ0n) is 8.23. The molecular formula is C11H14N2O. The van der Waals surface area contributed by atoms with Gasteiger partial charge < -0.3 is 10.5 Å². The fourth-order valence-electron chi connectivity index (χ4n) is 1.73. The minimum Gasteiger partial charge on any atom is -0.455 e. The summed E-state index contributed by atoms with van der Waals surface area (Å²) in [6.07, 6.45) is 1.03. The van der Waals surface area contributed by atoms with E-state index in [1.807, 2.05) is 12.1 Å². The van der Waals surface area contributed by atoms with Crippen molar-refractivity contribution in [3.63, 3.8) is 0 Å². The lowest BCUT2D eigenvalue weighted by Crippen LogP contribution is -2.13. The van der Waals surface area contributed by atoms with E-state index in [2.05, 4.69) is 24.0 Å². The smallest absolute Gasteiger partial charge is 0.282 e. The van der Waals surface area contributed by atoms with Gasteiger partial charge in [-0.3, -0.25) is 0 Å². The summed E-state index contributed by atoms with van der Waals surface area (Å²) in [5.74, 6) is 0. The second kappa shape index (κ2) is 3.70. The fraction of sp³-hybridized carbons (Fsp3) is 0.364. The Kier molecular flexibility index (Phi) is 2.39. The van der Waals surface area contributed by atoms with Gasteiger partial charge in [-0.15, -0.1) is 0 Å². The molecule has 0 spiro atoms. The monoisotopic (exact) mass is 190 g/mol. The minimum absolute atomic E-state index is 0.0196. The molecule has 3 nitrogen and oxygen atoms in total. The third kappa shape index (κ3) is 1.58. The molecule has 1 atom stereocenters. The number of nitrogens with two attached hydrogens (primary N) is 1. The van der Waals surface area contributed by atoms with E-state index < -0.39 is 0 Å². The van der Waals surface area contributed by atoms with Crippen LogP contribution in [0.5, 0.6) is 0 Å². The first-order valence-corrected chi connectivity index (χ1v) is 4.85. The van der Waals surface area contributed by atoms with Crippen molar-refractivity contribution in [2.45, 2.75) is 19.4 Å². The normalized spacial score (nSPS) is 20.4. The van der Waals surface area contributed by atoms with Crippen LogP contribution in [0.1, 0.15) is 24.2 Å². The summed E-state index contributed by atoms with van der Waals surface area (Å²) in [6, 6.07) is 8.57. The summed E-state index contributed by atoms with van der Waals surface area (Å²) in [6.45, 7) is 2.78. The summed E-state index contributed by atoms with van der Waals surface area (Å²) in [4.78, 5) is 4.04. The summed E-state index contributed by atoms with van der Waals surface area (Å²) < 4.78 is 5.42. The number of ether oxygens (including phenoxy) is 1. The lowest BCUT2D eigenvalue weighted by Gasteiger charge is -2.13. The van der Waals surface area contributed by atoms with Gasteiger partial charge in [0.25, 0.3) is 6.02 Å². The Morgan fingerprint density at radius 2 is 2.29 bits per heavy atom. The summed E-state index contributed by atoms with van der Waals surface area (Å²) in [5, 5.41) is 0. The molecule has 0 bridgehead atoms. The maximum absolute atomic E-state index is 5.48. The zero-order valence-corrected chi connectivity index (χ0v) is 8.23. The predicted molar refractivity (Wildman–Crippen MR) is 56.1 cm³/mol. The molecule has 2 rings (SSSR count). The van der Waals surface area contributed by atoms with Gasteiger partial charge in [-0.1, -0.05) is 31.2 Å². The van der Waals surface area contributed by atoms with E-state index in [-0.39, 0.29) is 6.10 Å². The van der Waals surface area contributed by atoms with E-state index in [9.17, 15) is 0 Å². The molecule has 0 fully saturated rings. The van der Waals surface area contributed by atoms with Gasteiger partial charge >= 0.3 is 0 Å². The number of aryl methyl sites for hydroxylation is 1. The molecule has 1 heterocycles. The fourth-order valence-corrected chi connectivity index (χ4v) is 1.73. The molecule has 2 N–H and O–H groups in total. The summed E-state index contributed by atoms with van der Waals surface area (Å²) >= 11 is 0. The molecule has 0 radical (unpaired) electrons. The number of aliphatic imine (C=N–C) groups is 1. The van der Waals surface area contributed by atoms with E-state index in [4.69, 9.17) is 10.5 Å². The van der Waals surface area contributed by atoms with Gasteiger partial charge in [-0.2, -0.15) is 0 Å². The van der Waals surface area contributed by atoms with E-state index in [1.54, 1.807) is 0 Å². The molecule has 1 aromatic rings. The van der Waals surface area contributed by atoms with Crippen molar-refractivity contribution in [2.75, 3.05) is 6.54 Å². The Morgan fingerprint density at radius 3 is 2.93 bits per heavy atom. The average molecular weight is 190 g/mol. The van der Waals surface area contributed by atoms with Gasteiger partial charge in [0.15, 0.2) is 0 Å². The van der Waals surface area contributed by atoms with Gasteiger partial charge in [0.2, 0.25) is 0 Å². The highest BCUT2D eigenvalue weighted by atomic mass is 16.5. The largest absolute Gasteiger partial charge is 0.455 e. The topological polar surface area (TPSA) is 47.6 Å². The van der Waals surface area contributed by atoms with E-state index in [0.717, 1.165) is 6.42 Å². The highest BCUT2D eigenvalue weighted by Gasteiger charge is 2.21. The maximum atomic E-state index is 5.48. The van der Waals surface area contributed by atoms with Crippen LogP contribution < -0.4 is 5.73 Å². The zero-order chi connectivity index (χ0) is 9.97. The molecule has 1 aliphatic heterocycles. The number of benzene rings is 1. The molecule has 0 saturated heterocycles. The number of nitrogens with zero attached hydrogens (tertiary/aromatic N) is 1. The van der Waals surface area contributed by atoms with Crippen LogP contribution in [0.25, 0.3) is 0 Å². The van der Waals surface area contributed by atoms with Crippen LogP contribution in [-0.2, 0) is 11.2 Å². The van der Waals surface area contributed by atoms with Crippen molar-refractivity contribution in [3.8, 4) is 0 Å². The van der Waals surface area contributed by atoms with Crippen LogP contribution in [-0.4, -0.2) is 12.6 Å². The third-order valence-electron chi connectivity index (χ3n) is 2.46. The lowest BCUT2D eigenvalue weighted by molar-refractivity contribution is 0.225. The molecule has 0 amide bonds. The van der Waals surface area contributed by atoms with Crippen LogP contribution in [0.4, 0.5) is 0 Å². The second-order valence-corrected chi connectivity index (χ2v) is 3.34. The quantitative estimate of drug-likeness (QED) is 0.770. The van der Waals surface area contributed by atoms with Gasteiger partial charge in [-0.05, 0) is 17.5 Å². The number of hydrogen-bond acceptors (Lipinski definition) is 3. The maximum Gasteiger partial charge on any atom is 0.282 e. The van der Waals surface area contributed by atoms with Crippen LogP contribution in [0.2, 0.25) is 0 Å². The van der Waals surface area contributed by atoms with Crippen LogP contribution >= 0.6 is 0 Å². The Bertz CT molecular complexity index is 360. The van der Waals surface area contributed by atoms with Crippen molar-refractivity contribution in [1.82, 2.24) is 0 Å². The summed E-state index contributed by atoms with van der Waals surface area (Å²) in [7, 11) is 0. The second-order valence-electron chi connectivity index (χ2n) is 3.34. The molecule has 0 aliphatic carbocycles. The molecule has 0 aromatic heterocycles. The molecule has 74 valence electrons. The average Bonchev–Trinajstić information content (AvgIpc) is 2.65. The highest BCUT2D eigenvalue weighted by molar-refractivity contribution is 5.73. The van der Waals surface area contributed by atoms with Crippen molar-refractivity contribution >= 4 is 6.02 Å². The van der Waals surface area contributed by atoms with Gasteiger partial charge in [0.05, 0.1) is 6.54 Å². The lowest BCUT2D eigenvalue weighted by atomic mass is 10.0. The molecule has 1 unspecified atom stereocenters. The first kappa shape index (κ1) is 9.06. The van der Waals surface area contributed by atoms with Crippen molar-refractivity contribution < 1.29 is 4.74 Å². The van der Waals surface area contributed by atoms with Gasteiger partial charge in [-0.25, -0.2) is 4.99 Å². The number of rotatable bonds is 2. The Balaban J connectivity index is 2.24. The molecule has 1 aliphatic rings. The van der Waals surface area contributed by atoms with Gasteiger partial charge in [0.1, 0.15) is 6.10 Å². The molecule has 1 aromatic carbocycles. The highest BCUT2D eigenvalue weighted by Crippen LogP contribution is 2.25. The Hall–Kier alpha value is -1.51. The first-order chi connectivity index (χ1) is 6.81. The number of hydrogen-bond donors (Lipinski definition) is 1. The van der Waals surface area contributed by atoms with E-state index >= 15 is 0 Å². The van der Waals surface area contributed by atoms with Crippen LogP contribution in [0.15, 0.2) is 29.3 Å². The summed E-state index contributed by atoms with van der Waals surface area (Å²) in [5.41, 5.74) is 8.00. The van der Waals surface area contributed by atoms with Crippen molar-refractivity contribution in [2.24, 2.45) is 10.7 Å². The minimum atomic E-state index is 0.0196. The number of amidine groups is 1. The van der Waals surface area contributed by atoms with E-state index in [1.165, 1.54) is 11.1 Å². The Morgan fingerprint density at radius 1 is 1.50 bits per heavy atom. The van der Waals surface area contributed by atoms with Crippen LogP contribution in [0, 0.1) is 0 Å². The van der Waals surface area contributed by atoms with E-state index in [0.29, 0.717) is 12.6 Å². The third-order valence-corrected chi connectivity index (χ3v) is 2.46. The first-order valence-electron chi connectivity index (χ1n) is 4.85. The standard InChI is InChI=1S/C11H14N2O/c1-2-8-5-3-4-6-9(8)10-7-13-11(12)14-10/h3-6,10H,2,7H2,1H3,(H2,12,13). The van der Waals surface area contributed by atoms with Crippen LogP contribution in [0.3, 0.4) is 0 Å². The Labute approximate surface area is 83.6 Å². The molecular weight excluding hydrogens is 176 g/mol. The van der Waals surface area contributed by atoms with Gasteiger partial charge in [0, 0.05) is 0 Å².